The second-order valence-corrected chi connectivity index (χ2v) is 6.10. The van der Waals surface area contributed by atoms with Gasteiger partial charge in [0, 0.05) is 25.6 Å². The lowest BCUT2D eigenvalue weighted by atomic mass is 10.1. The van der Waals surface area contributed by atoms with Crippen LogP contribution >= 0.6 is 0 Å². The van der Waals surface area contributed by atoms with Crippen LogP contribution in [0.2, 0.25) is 0 Å². The molecule has 3 heteroatoms. The highest BCUT2D eigenvalue weighted by Crippen LogP contribution is 2.03. The minimum Gasteiger partial charge on any atom is -0.343 e. The van der Waals surface area contributed by atoms with Crippen molar-refractivity contribution in [1.82, 2.24) is 10.2 Å². The molecule has 0 bridgehead atoms. The van der Waals surface area contributed by atoms with E-state index in [1.54, 1.807) is 6.92 Å². The first kappa shape index (κ1) is 17.4. The van der Waals surface area contributed by atoms with Crippen LogP contribution in [0, 0.1) is 0 Å². The number of nitrogens with one attached hydrogen (secondary N) is 1. The molecule has 0 saturated carbocycles. The van der Waals surface area contributed by atoms with E-state index in [2.05, 4.69) is 33.0 Å². The average molecular weight is 256 g/mol. The molecule has 0 aliphatic rings. The van der Waals surface area contributed by atoms with Gasteiger partial charge < -0.3 is 10.2 Å². The van der Waals surface area contributed by atoms with Gasteiger partial charge in [-0.05, 0) is 46.6 Å². The molecule has 0 unspecified atom stereocenters. The van der Waals surface area contributed by atoms with Crippen molar-refractivity contribution in [2.75, 3.05) is 19.6 Å². The van der Waals surface area contributed by atoms with Crippen molar-refractivity contribution in [2.45, 2.75) is 72.3 Å². The summed E-state index contributed by atoms with van der Waals surface area (Å²) in [6.45, 7) is 13.3. The van der Waals surface area contributed by atoms with Crippen LogP contribution in [0.15, 0.2) is 0 Å². The summed E-state index contributed by atoms with van der Waals surface area (Å²) in [5.41, 5.74) is 0.215. The second-order valence-electron chi connectivity index (χ2n) is 6.10. The van der Waals surface area contributed by atoms with Gasteiger partial charge in [-0.1, -0.05) is 19.8 Å². The summed E-state index contributed by atoms with van der Waals surface area (Å²) in [7, 11) is 0. The molecule has 0 aromatic rings. The predicted octanol–water partition coefficient (Wildman–Crippen LogP) is 3.19. The summed E-state index contributed by atoms with van der Waals surface area (Å²) in [4.78, 5) is 13.4. The third kappa shape index (κ3) is 10.6. The van der Waals surface area contributed by atoms with Gasteiger partial charge in [-0.2, -0.15) is 0 Å². The van der Waals surface area contributed by atoms with E-state index < -0.39 is 0 Å². The van der Waals surface area contributed by atoms with Crippen LogP contribution in [-0.2, 0) is 4.79 Å². The highest BCUT2D eigenvalue weighted by molar-refractivity contribution is 5.73. The normalized spacial score (nSPS) is 11.6. The number of hydrogen-bond donors (Lipinski definition) is 1. The molecule has 0 aliphatic carbocycles. The van der Waals surface area contributed by atoms with Gasteiger partial charge in [0.05, 0.1) is 0 Å². The van der Waals surface area contributed by atoms with E-state index in [-0.39, 0.29) is 11.4 Å². The van der Waals surface area contributed by atoms with Gasteiger partial charge in [-0.15, -0.1) is 0 Å². The van der Waals surface area contributed by atoms with E-state index >= 15 is 0 Å². The highest BCUT2D eigenvalue weighted by atomic mass is 16.2. The Morgan fingerprint density at radius 1 is 1.06 bits per heavy atom. The zero-order valence-electron chi connectivity index (χ0n) is 13.0. The maximum Gasteiger partial charge on any atom is 0.219 e. The van der Waals surface area contributed by atoms with Crippen molar-refractivity contribution in [2.24, 2.45) is 0 Å². The molecule has 0 aliphatic heterocycles. The first-order chi connectivity index (χ1) is 8.37. The molecular weight excluding hydrogens is 224 g/mol. The van der Waals surface area contributed by atoms with Crippen molar-refractivity contribution < 1.29 is 4.79 Å². The van der Waals surface area contributed by atoms with E-state index in [4.69, 9.17) is 0 Å². The Kier molecular flexibility index (Phi) is 9.08. The summed E-state index contributed by atoms with van der Waals surface area (Å²) < 4.78 is 0. The van der Waals surface area contributed by atoms with Gasteiger partial charge in [0.15, 0.2) is 0 Å². The van der Waals surface area contributed by atoms with E-state index in [0.717, 1.165) is 38.9 Å². The molecule has 0 radical (unpaired) electrons. The van der Waals surface area contributed by atoms with Gasteiger partial charge in [0.2, 0.25) is 5.91 Å². The fourth-order valence-corrected chi connectivity index (χ4v) is 1.84. The summed E-state index contributed by atoms with van der Waals surface area (Å²) in [5, 5.41) is 3.49. The fourth-order valence-electron chi connectivity index (χ4n) is 1.84. The molecule has 1 N–H and O–H groups in total. The topological polar surface area (TPSA) is 32.3 Å². The van der Waals surface area contributed by atoms with E-state index in [0.29, 0.717) is 0 Å². The van der Waals surface area contributed by atoms with Crippen LogP contribution in [-0.4, -0.2) is 36.0 Å². The van der Waals surface area contributed by atoms with Crippen LogP contribution in [0.1, 0.15) is 66.7 Å². The highest BCUT2D eigenvalue weighted by Gasteiger charge is 2.08. The quantitative estimate of drug-likeness (QED) is 0.643. The summed E-state index contributed by atoms with van der Waals surface area (Å²) in [5.74, 6) is 0.219. The van der Waals surface area contributed by atoms with Gasteiger partial charge >= 0.3 is 0 Å². The molecule has 0 spiro atoms. The number of hydrogen-bond acceptors (Lipinski definition) is 2. The lowest BCUT2D eigenvalue weighted by Gasteiger charge is -2.22. The molecule has 0 fully saturated rings. The Bertz CT molecular complexity index is 221. The SMILES string of the molecule is CCCCN(CCCCCNC(C)(C)C)C(C)=O. The number of carbonyl (C=O) groups is 1. The molecular formula is C15H32N2O. The Balaban J connectivity index is 3.58. The fraction of sp³-hybridized carbons (Fsp3) is 0.933. The number of amides is 1. The zero-order chi connectivity index (χ0) is 14.0. The smallest absolute Gasteiger partial charge is 0.219 e. The van der Waals surface area contributed by atoms with E-state index in [1.165, 1.54) is 12.8 Å². The second kappa shape index (κ2) is 9.37. The van der Waals surface area contributed by atoms with Crippen LogP contribution < -0.4 is 5.32 Å². The summed E-state index contributed by atoms with van der Waals surface area (Å²) in [6, 6.07) is 0. The van der Waals surface area contributed by atoms with Crippen LogP contribution in [0.5, 0.6) is 0 Å². The third-order valence-electron chi connectivity index (χ3n) is 2.99. The summed E-state index contributed by atoms with van der Waals surface area (Å²) >= 11 is 0. The van der Waals surface area contributed by atoms with Crippen molar-refractivity contribution in [3.05, 3.63) is 0 Å². The van der Waals surface area contributed by atoms with Crippen molar-refractivity contribution in [3.8, 4) is 0 Å². The Labute approximate surface area is 113 Å². The largest absolute Gasteiger partial charge is 0.343 e. The molecule has 0 atom stereocenters. The van der Waals surface area contributed by atoms with Crippen LogP contribution in [0.25, 0.3) is 0 Å². The van der Waals surface area contributed by atoms with Crippen LogP contribution in [0.3, 0.4) is 0 Å². The molecule has 0 rings (SSSR count). The first-order valence-electron chi connectivity index (χ1n) is 7.37. The number of nitrogens with zero attached hydrogens (tertiary/aromatic N) is 1. The average Bonchev–Trinajstić information content (AvgIpc) is 2.25. The van der Waals surface area contributed by atoms with E-state index in [1.807, 2.05) is 4.90 Å². The molecule has 0 saturated heterocycles. The van der Waals surface area contributed by atoms with Crippen LogP contribution in [0.4, 0.5) is 0 Å². The number of unbranched alkanes of at least 4 members (excludes halogenated alkanes) is 3. The van der Waals surface area contributed by atoms with Crippen molar-refractivity contribution in [3.63, 3.8) is 0 Å². The Morgan fingerprint density at radius 3 is 2.17 bits per heavy atom. The zero-order valence-corrected chi connectivity index (χ0v) is 13.0. The molecule has 0 aromatic heterocycles. The monoisotopic (exact) mass is 256 g/mol. The molecule has 3 nitrogen and oxygen atoms in total. The van der Waals surface area contributed by atoms with Crippen molar-refractivity contribution >= 4 is 5.91 Å². The Morgan fingerprint density at radius 2 is 1.67 bits per heavy atom. The Hall–Kier alpha value is -0.570. The van der Waals surface area contributed by atoms with Gasteiger partial charge in [-0.3, -0.25) is 4.79 Å². The maximum atomic E-state index is 11.4. The van der Waals surface area contributed by atoms with Gasteiger partial charge in [0.25, 0.3) is 0 Å². The molecule has 108 valence electrons. The lowest BCUT2D eigenvalue weighted by molar-refractivity contribution is -0.129. The maximum absolute atomic E-state index is 11.4. The molecule has 18 heavy (non-hydrogen) atoms. The van der Waals surface area contributed by atoms with Gasteiger partial charge in [0.1, 0.15) is 0 Å². The summed E-state index contributed by atoms with van der Waals surface area (Å²) in [6.07, 6.45) is 5.77. The lowest BCUT2D eigenvalue weighted by Crippen LogP contribution is -2.36. The van der Waals surface area contributed by atoms with Crippen molar-refractivity contribution in [1.29, 1.82) is 0 Å². The molecule has 0 aromatic carbocycles. The molecule has 0 heterocycles. The van der Waals surface area contributed by atoms with E-state index in [9.17, 15) is 4.79 Å². The van der Waals surface area contributed by atoms with Gasteiger partial charge in [-0.25, -0.2) is 0 Å². The predicted molar refractivity (Wildman–Crippen MR) is 78.8 cm³/mol. The number of carbonyl (C=O) groups excluding carboxylic acids is 1. The minimum atomic E-state index is 0.215. The molecule has 1 amide bonds. The minimum absolute atomic E-state index is 0.215. The third-order valence-corrected chi connectivity index (χ3v) is 2.99. The number of rotatable bonds is 9. The first-order valence-corrected chi connectivity index (χ1v) is 7.37. The standard InChI is InChI=1S/C15H32N2O/c1-6-7-12-17(14(2)18)13-10-8-9-11-16-15(3,4)5/h16H,6-13H2,1-5H3.